The third-order valence-corrected chi connectivity index (χ3v) is 1.70. The summed E-state index contributed by atoms with van der Waals surface area (Å²) in [5.74, 6) is -1.25. The van der Waals surface area contributed by atoms with Gasteiger partial charge in [0.25, 0.3) is 0 Å². The van der Waals surface area contributed by atoms with Gasteiger partial charge >= 0.3 is 11.9 Å². The minimum atomic E-state index is -2.14. The highest BCUT2D eigenvalue weighted by Crippen LogP contribution is 2.16. The van der Waals surface area contributed by atoms with Crippen molar-refractivity contribution in [3.05, 3.63) is 0 Å². The molecule has 0 aliphatic heterocycles. The van der Waals surface area contributed by atoms with E-state index in [1.54, 1.807) is 0 Å². The van der Waals surface area contributed by atoms with Gasteiger partial charge in [0.15, 0.2) is 5.67 Å². The first-order chi connectivity index (χ1) is 6.75. The maximum absolute atomic E-state index is 13.6. The van der Waals surface area contributed by atoms with Gasteiger partial charge in [0.1, 0.15) is 19.3 Å². The highest BCUT2D eigenvalue weighted by Gasteiger charge is 2.35. The van der Waals surface area contributed by atoms with E-state index in [4.69, 9.17) is 0 Å². The lowest BCUT2D eigenvalue weighted by molar-refractivity contribution is -0.156. The molecule has 0 saturated carbocycles. The second-order valence-electron chi connectivity index (χ2n) is 3.38. The van der Waals surface area contributed by atoms with E-state index in [1.165, 1.54) is 0 Å². The lowest BCUT2D eigenvalue weighted by Crippen LogP contribution is -2.43. The Hall–Kier alpha value is -1.17. The van der Waals surface area contributed by atoms with Crippen LogP contribution >= 0.6 is 0 Å². The molecule has 5 nitrogen and oxygen atoms in total. The van der Waals surface area contributed by atoms with E-state index in [0.717, 1.165) is 20.8 Å². The van der Waals surface area contributed by atoms with Gasteiger partial charge in [-0.2, -0.15) is 0 Å². The standard InChI is InChI=1S/C9H15FO5/c1-6(11)14-4-8(13)9(3,10)5-15-7(2)12/h8,13H,4-5H2,1-3H3/t8-,9+/m1/s1. The fraction of sp³-hybridized carbons (Fsp3) is 0.778. The molecule has 1 N–H and O–H groups in total. The molecular formula is C9H15FO5. The summed E-state index contributed by atoms with van der Waals surface area (Å²) in [6.45, 7) is 2.29. The molecule has 0 aromatic heterocycles. The molecule has 0 aromatic carbocycles. The molecule has 0 spiro atoms. The molecule has 0 saturated heterocycles. The van der Waals surface area contributed by atoms with Gasteiger partial charge in [-0.25, -0.2) is 4.39 Å². The fourth-order valence-corrected chi connectivity index (χ4v) is 0.709. The van der Waals surface area contributed by atoms with Gasteiger partial charge in [0, 0.05) is 13.8 Å². The summed E-state index contributed by atoms with van der Waals surface area (Å²) in [7, 11) is 0. The smallest absolute Gasteiger partial charge is 0.302 e. The number of hydrogen-bond donors (Lipinski definition) is 1. The van der Waals surface area contributed by atoms with E-state index in [0.29, 0.717) is 0 Å². The van der Waals surface area contributed by atoms with E-state index in [2.05, 4.69) is 9.47 Å². The van der Waals surface area contributed by atoms with Crippen LogP contribution in [0.3, 0.4) is 0 Å². The summed E-state index contributed by atoms with van der Waals surface area (Å²) in [6, 6.07) is 0. The molecule has 0 aromatic rings. The zero-order valence-corrected chi connectivity index (χ0v) is 8.95. The first-order valence-electron chi connectivity index (χ1n) is 4.39. The highest BCUT2D eigenvalue weighted by molar-refractivity contribution is 5.66. The zero-order valence-electron chi connectivity index (χ0n) is 8.95. The van der Waals surface area contributed by atoms with E-state index in [9.17, 15) is 19.1 Å². The lowest BCUT2D eigenvalue weighted by Gasteiger charge is -2.25. The molecule has 0 rings (SSSR count). The molecule has 0 aliphatic carbocycles. The van der Waals surface area contributed by atoms with Crippen LogP contribution in [0.5, 0.6) is 0 Å². The minimum Gasteiger partial charge on any atom is -0.463 e. The maximum Gasteiger partial charge on any atom is 0.302 e. The van der Waals surface area contributed by atoms with Crippen molar-refractivity contribution in [2.45, 2.75) is 32.5 Å². The number of carbonyl (C=O) groups is 2. The van der Waals surface area contributed by atoms with Crippen molar-refractivity contribution in [1.29, 1.82) is 0 Å². The average Bonchev–Trinajstić information content (AvgIpc) is 2.11. The first kappa shape index (κ1) is 13.8. The van der Waals surface area contributed by atoms with Crippen molar-refractivity contribution >= 4 is 11.9 Å². The van der Waals surface area contributed by atoms with Crippen LogP contribution in [0.1, 0.15) is 20.8 Å². The van der Waals surface area contributed by atoms with Crippen LogP contribution in [0, 0.1) is 0 Å². The van der Waals surface area contributed by atoms with Gasteiger partial charge in [-0.15, -0.1) is 0 Å². The fourth-order valence-electron chi connectivity index (χ4n) is 0.709. The Balaban J connectivity index is 4.06. The van der Waals surface area contributed by atoms with E-state index < -0.39 is 36.9 Å². The zero-order chi connectivity index (χ0) is 12.1. The van der Waals surface area contributed by atoms with Crippen LogP contribution in [-0.4, -0.2) is 42.0 Å². The highest BCUT2D eigenvalue weighted by atomic mass is 19.1. The summed E-state index contributed by atoms with van der Waals surface area (Å²) in [5.41, 5.74) is -2.14. The molecule has 0 aliphatic rings. The third-order valence-electron chi connectivity index (χ3n) is 1.70. The molecule has 88 valence electrons. The second-order valence-corrected chi connectivity index (χ2v) is 3.38. The van der Waals surface area contributed by atoms with Gasteiger partial charge in [-0.3, -0.25) is 9.59 Å². The Labute approximate surface area is 87.2 Å². The molecule has 0 bridgehead atoms. The molecule has 0 fully saturated rings. The predicted octanol–water partition coefficient (Wildman–Crippen LogP) is 0.202. The van der Waals surface area contributed by atoms with Crippen molar-refractivity contribution in [2.75, 3.05) is 13.2 Å². The molecule has 0 heterocycles. The normalized spacial score (nSPS) is 16.3. The van der Waals surface area contributed by atoms with Crippen molar-refractivity contribution in [1.82, 2.24) is 0 Å². The number of alkyl halides is 1. The summed E-state index contributed by atoms with van der Waals surface area (Å²) in [6.07, 6.45) is -1.53. The van der Waals surface area contributed by atoms with Gasteiger partial charge < -0.3 is 14.6 Å². The van der Waals surface area contributed by atoms with E-state index in [-0.39, 0.29) is 0 Å². The molecular weight excluding hydrogens is 207 g/mol. The topological polar surface area (TPSA) is 72.8 Å². The Bertz CT molecular complexity index is 239. The molecule has 0 unspecified atom stereocenters. The van der Waals surface area contributed by atoms with Crippen molar-refractivity contribution in [3.63, 3.8) is 0 Å². The van der Waals surface area contributed by atoms with Crippen LogP contribution in [0.25, 0.3) is 0 Å². The monoisotopic (exact) mass is 222 g/mol. The van der Waals surface area contributed by atoms with Crippen molar-refractivity contribution in [2.24, 2.45) is 0 Å². The molecule has 0 radical (unpaired) electrons. The summed E-state index contributed by atoms with van der Waals surface area (Å²) in [5, 5.41) is 9.30. The number of carbonyl (C=O) groups excluding carboxylic acids is 2. The quantitative estimate of drug-likeness (QED) is 0.673. The summed E-state index contributed by atoms with van der Waals surface area (Å²) >= 11 is 0. The number of halogens is 1. The Kier molecular flexibility index (Phi) is 5.21. The van der Waals surface area contributed by atoms with Crippen LogP contribution in [0.4, 0.5) is 4.39 Å². The van der Waals surface area contributed by atoms with Gasteiger partial charge in [0.2, 0.25) is 0 Å². The lowest BCUT2D eigenvalue weighted by atomic mass is 10.0. The third kappa shape index (κ3) is 6.01. The molecule has 2 atom stereocenters. The van der Waals surface area contributed by atoms with E-state index in [1.807, 2.05) is 0 Å². The van der Waals surface area contributed by atoms with Gasteiger partial charge in [-0.05, 0) is 6.92 Å². The SMILES string of the molecule is CC(=O)OC[C@@H](O)[C@@](C)(F)COC(C)=O. The molecule has 15 heavy (non-hydrogen) atoms. The number of aliphatic hydroxyl groups excluding tert-OH is 1. The second kappa shape index (κ2) is 5.65. The largest absolute Gasteiger partial charge is 0.463 e. The van der Waals surface area contributed by atoms with Crippen molar-refractivity contribution in [3.8, 4) is 0 Å². The number of aliphatic hydroxyl groups is 1. The Morgan fingerprint density at radius 2 is 1.80 bits per heavy atom. The molecule has 6 heteroatoms. The van der Waals surface area contributed by atoms with Gasteiger partial charge in [-0.1, -0.05) is 0 Å². The summed E-state index contributed by atoms with van der Waals surface area (Å²) in [4.78, 5) is 20.8. The number of hydrogen-bond acceptors (Lipinski definition) is 5. The van der Waals surface area contributed by atoms with Crippen LogP contribution in [-0.2, 0) is 19.1 Å². The first-order valence-corrected chi connectivity index (χ1v) is 4.39. The van der Waals surface area contributed by atoms with E-state index >= 15 is 0 Å². The maximum atomic E-state index is 13.6. The van der Waals surface area contributed by atoms with Gasteiger partial charge in [0.05, 0.1) is 0 Å². The number of ether oxygens (including phenoxy) is 2. The Morgan fingerprint density at radius 1 is 1.33 bits per heavy atom. The van der Waals surface area contributed by atoms with Crippen LogP contribution < -0.4 is 0 Å². The molecule has 0 amide bonds. The van der Waals surface area contributed by atoms with Crippen LogP contribution in [0.2, 0.25) is 0 Å². The summed E-state index contributed by atoms with van der Waals surface area (Å²) < 4.78 is 22.4. The Morgan fingerprint density at radius 3 is 2.20 bits per heavy atom. The average molecular weight is 222 g/mol. The van der Waals surface area contributed by atoms with Crippen molar-refractivity contribution < 1.29 is 28.6 Å². The van der Waals surface area contributed by atoms with Crippen LogP contribution in [0.15, 0.2) is 0 Å². The minimum absolute atomic E-state index is 0.469. The number of rotatable bonds is 5. The number of esters is 2. The predicted molar refractivity (Wildman–Crippen MR) is 48.8 cm³/mol.